The highest BCUT2D eigenvalue weighted by Gasteiger charge is 2.20. The summed E-state index contributed by atoms with van der Waals surface area (Å²) in [5.74, 6) is 2.99. The first kappa shape index (κ1) is 19.6. The summed E-state index contributed by atoms with van der Waals surface area (Å²) >= 11 is 3.19. The number of ether oxygens (including phenoxy) is 1. The van der Waals surface area contributed by atoms with E-state index in [0.717, 1.165) is 52.5 Å². The summed E-state index contributed by atoms with van der Waals surface area (Å²) in [7, 11) is 1.67. The van der Waals surface area contributed by atoms with Crippen molar-refractivity contribution in [3.63, 3.8) is 0 Å². The van der Waals surface area contributed by atoms with Gasteiger partial charge in [-0.15, -0.1) is 26.6 Å². The summed E-state index contributed by atoms with van der Waals surface area (Å²) in [5, 5.41) is 23.8. The number of para-hydroxylation sites is 2. The third-order valence-electron chi connectivity index (χ3n) is 4.36. The highest BCUT2D eigenvalue weighted by Crippen LogP contribution is 2.34. The average molecular weight is 428 g/mol. The highest BCUT2D eigenvalue weighted by atomic mass is 32.2. The maximum absolute atomic E-state index is 5.59. The molecule has 8 nitrogen and oxygen atoms in total. The van der Waals surface area contributed by atoms with E-state index in [1.54, 1.807) is 30.2 Å². The van der Waals surface area contributed by atoms with Crippen molar-refractivity contribution in [3.05, 3.63) is 47.6 Å². The first-order valence-electron chi connectivity index (χ1n) is 9.32. The van der Waals surface area contributed by atoms with Crippen LogP contribution in [0.25, 0.3) is 16.4 Å². The van der Waals surface area contributed by atoms with Gasteiger partial charge in [0, 0.05) is 6.54 Å². The molecule has 0 atom stereocenters. The molecule has 0 spiro atoms. The van der Waals surface area contributed by atoms with Gasteiger partial charge in [-0.05, 0) is 40.4 Å². The monoisotopic (exact) mass is 427 g/mol. The minimum Gasteiger partial charge on any atom is -0.495 e. The van der Waals surface area contributed by atoms with Crippen molar-refractivity contribution >= 4 is 23.1 Å². The van der Waals surface area contributed by atoms with Crippen LogP contribution in [0.15, 0.2) is 46.9 Å². The zero-order valence-corrected chi connectivity index (χ0v) is 17.9. The van der Waals surface area contributed by atoms with Crippen LogP contribution in [0.1, 0.15) is 25.6 Å². The van der Waals surface area contributed by atoms with Crippen molar-refractivity contribution in [2.45, 2.75) is 37.2 Å². The lowest BCUT2D eigenvalue weighted by Crippen LogP contribution is -2.06. The number of aryl methyl sites for hydroxylation is 1. The van der Waals surface area contributed by atoms with Gasteiger partial charge in [0.25, 0.3) is 0 Å². The van der Waals surface area contributed by atoms with Gasteiger partial charge in [0.2, 0.25) is 0 Å². The van der Waals surface area contributed by atoms with Crippen molar-refractivity contribution in [1.29, 1.82) is 0 Å². The van der Waals surface area contributed by atoms with Gasteiger partial charge >= 0.3 is 0 Å². The smallest absolute Gasteiger partial charge is 0.196 e. The van der Waals surface area contributed by atoms with E-state index >= 15 is 0 Å². The van der Waals surface area contributed by atoms with E-state index < -0.39 is 0 Å². The van der Waals surface area contributed by atoms with Crippen LogP contribution in [0.2, 0.25) is 0 Å². The minimum absolute atomic E-state index is 0.606. The molecule has 0 amide bonds. The minimum atomic E-state index is 0.606. The number of thiophene rings is 1. The number of thioether (sulfide) groups is 1. The van der Waals surface area contributed by atoms with E-state index in [2.05, 4.69) is 32.6 Å². The van der Waals surface area contributed by atoms with Crippen molar-refractivity contribution in [2.24, 2.45) is 0 Å². The molecule has 0 saturated heterocycles. The lowest BCUT2D eigenvalue weighted by molar-refractivity contribution is 0.412. The second-order valence-electron chi connectivity index (χ2n) is 6.25. The summed E-state index contributed by atoms with van der Waals surface area (Å²) in [4.78, 5) is 1.04. The standard InChI is InChI=1S/C19H21N7OS2/c1-3-4-11-25-17(20-23-24-25)13-29-19-22-21-18(16-10-7-12-28-16)26(19)14-8-5-6-9-15(14)27-2/h5-10,12H,3-4,11,13H2,1-2H3. The van der Waals surface area contributed by atoms with E-state index in [-0.39, 0.29) is 0 Å². The number of rotatable bonds is 9. The molecule has 0 aliphatic heterocycles. The number of hydrogen-bond donors (Lipinski definition) is 0. The first-order chi connectivity index (χ1) is 14.3. The Balaban J connectivity index is 1.68. The van der Waals surface area contributed by atoms with Gasteiger partial charge in [0.1, 0.15) is 5.75 Å². The maximum atomic E-state index is 5.59. The van der Waals surface area contributed by atoms with Gasteiger partial charge in [-0.3, -0.25) is 4.57 Å². The molecule has 1 aromatic carbocycles. The van der Waals surface area contributed by atoms with Crippen LogP contribution in [0, 0.1) is 0 Å². The van der Waals surface area contributed by atoms with Crippen LogP contribution < -0.4 is 4.74 Å². The fourth-order valence-electron chi connectivity index (χ4n) is 2.90. The third-order valence-corrected chi connectivity index (χ3v) is 6.15. The van der Waals surface area contributed by atoms with Crippen molar-refractivity contribution in [2.75, 3.05) is 7.11 Å². The van der Waals surface area contributed by atoms with Crippen molar-refractivity contribution in [1.82, 2.24) is 35.0 Å². The van der Waals surface area contributed by atoms with E-state index in [0.29, 0.717) is 5.75 Å². The van der Waals surface area contributed by atoms with Crippen LogP contribution in [0.5, 0.6) is 5.75 Å². The predicted molar refractivity (Wildman–Crippen MR) is 114 cm³/mol. The van der Waals surface area contributed by atoms with Crippen LogP contribution in [-0.2, 0) is 12.3 Å². The average Bonchev–Trinajstić information content (AvgIpc) is 3.51. The number of methoxy groups -OCH3 is 1. The molecule has 150 valence electrons. The first-order valence-corrected chi connectivity index (χ1v) is 11.2. The largest absolute Gasteiger partial charge is 0.495 e. The van der Waals surface area contributed by atoms with Crippen LogP contribution in [-0.4, -0.2) is 42.1 Å². The second kappa shape index (κ2) is 9.19. The highest BCUT2D eigenvalue weighted by molar-refractivity contribution is 7.98. The lowest BCUT2D eigenvalue weighted by Gasteiger charge is -2.13. The molecular weight excluding hydrogens is 406 g/mol. The Morgan fingerprint density at radius 2 is 2.00 bits per heavy atom. The molecule has 0 N–H and O–H groups in total. The Bertz CT molecular complexity index is 1060. The number of hydrogen-bond acceptors (Lipinski definition) is 8. The fourth-order valence-corrected chi connectivity index (χ4v) is 4.47. The van der Waals surface area contributed by atoms with E-state index in [4.69, 9.17) is 4.74 Å². The molecule has 3 heterocycles. The maximum Gasteiger partial charge on any atom is 0.196 e. The van der Waals surface area contributed by atoms with Crippen LogP contribution in [0.4, 0.5) is 0 Å². The molecule has 0 saturated carbocycles. The summed E-state index contributed by atoms with van der Waals surface area (Å²) in [6, 6.07) is 11.9. The van der Waals surface area contributed by atoms with Gasteiger partial charge in [-0.1, -0.05) is 43.3 Å². The summed E-state index contributed by atoms with van der Waals surface area (Å²) < 4.78 is 9.49. The van der Waals surface area contributed by atoms with E-state index in [1.165, 1.54) is 0 Å². The Labute approximate surface area is 176 Å². The molecule has 10 heteroatoms. The van der Waals surface area contributed by atoms with Crippen LogP contribution >= 0.6 is 23.1 Å². The lowest BCUT2D eigenvalue weighted by atomic mass is 10.3. The fraction of sp³-hybridized carbons (Fsp3) is 0.316. The molecule has 0 radical (unpaired) electrons. The topological polar surface area (TPSA) is 83.5 Å². The normalized spacial score (nSPS) is 11.1. The van der Waals surface area contributed by atoms with Crippen LogP contribution in [0.3, 0.4) is 0 Å². The molecule has 0 unspecified atom stereocenters. The molecular formula is C19H21N7OS2. The van der Waals surface area contributed by atoms with E-state index in [1.807, 2.05) is 51.0 Å². The second-order valence-corrected chi connectivity index (χ2v) is 8.14. The number of aromatic nitrogens is 7. The SMILES string of the molecule is CCCCn1nnnc1CSc1nnc(-c2cccs2)n1-c1ccccc1OC. The number of tetrazole rings is 1. The molecule has 3 aromatic heterocycles. The Morgan fingerprint density at radius 3 is 2.79 bits per heavy atom. The van der Waals surface area contributed by atoms with Gasteiger partial charge in [0.05, 0.1) is 23.4 Å². The molecule has 0 bridgehead atoms. The zero-order chi connectivity index (χ0) is 20.1. The molecule has 0 aliphatic carbocycles. The van der Waals surface area contributed by atoms with Gasteiger partial charge in [-0.2, -0.15) is 0 Å². The molecule has 4 rings (SSSR count). The third kappa shape index (κ3) is 4.18. The Hall–Kier alpha value is -2.72. The molecule has 0 fully saturated rings. The molecule has 29 heavy (non-hydrogen) atoms. The summed E-state index contributed by atoms with van der Waals surface area (Å²) in [6.07, 6.45) is 2.14. The number of nitrogens with zero attached hydrogens (tertiary/aromatic N) is 7. The van der Waals surface area contributed by atoms with Gasteiger partial charge in [0.15, 0.2) is 16.8 Å². The van der Waals surface area contributed by atoms with Gasteiger partial charge < -0.3 is 4.74 Å². The number of unbranched alkanes of at least 4 members (excludes halogenated alkanes) is 1. The number of benzene rings is 1. The predicted octanol–water partition coefficient (Wildman–Crippen LogP) is 4.08. The van der Waals surface area contributed by atoms with Gasteiger partial charge in [-0.25, -0.2) is 4.68 Å². The summed E-state index contributed by atoms with van der Waals surface area (Å²) in [5.41, 5.74) is 0.900. The Kier molecular flexibility index (Phi) is 6.20. The van der Waals surface area contributed by atoms with Crippen molar-refractivity contribution < 1.29 is 4.74 Å². The van der Waals surface area contributed by atoms with Crippen molar-refractivity contribution in [3.8, 4) is 22.1 Å². The zero-order valence-electron chi connectivity index (χ0n) is 16.2. The Morgan fingerprint density at radius 1 is 1.10 bits per heavy atom. The molecule has 0 aliphatic rings. The van der Waals surface area contributed by atoms with E-state index in [9.17, 15) is 0 Å². The summed E-state index contributed by atoms with van der Waals surface area (Å²) in [6.45, 7) is 2.97. The quantitative estimate of drug-likeness (QED) is 0.372. The molecule has 4 aromatic rings.